The van der Waals surface area contributed by atoms with Gasteiger partial charge in [-0.3, -0.25) is 24.1 Å². The van der Waals surface area contributed by atoms with Crippen LogP contribution in [0.15, 0.2) is 29.8 Å². The predicted molar refractivity (Wildman–Crippen MR) is 124 cm³/mol. The summed E-state index contributed by atoms with van der Waals surface area (Å²) in [5.41, 5.74) is 0.664. The number of nitrogens with zero attached hydrogens (tertiary/aromatic N) is 2. The summed E-state index contributed by atoms with van der Waals surface area (Å²) in [5, 5.41) is 10.9. The number of alkyl halides is 2. The zero-order valence-electron chi connectivity index (χ0n) is 19.5. The molecule has 5 amide bonds. The number of phenolic OH excluding ortho intramolecular Hbond substituents is 1. The Morgan fingerprint density at radius 3 is 2.42 bits per heavy atom. The molecule has 1 aromatic rings. The molecular weight excluding hydrogens is 515 g/mol. The van der Waals surface area contributed by atoms with Crippen LogP contribution in [0, 0.1) is 17.8 Å². The van der Waals surface area contributed by atoms with Crippen LogP contribution in [-0.2, 0) is 23.9 Å². The van der Waals surface area contributed by atoms with Gasteiger partial charge in [-0.15, -0.1) is 23.2 Å². The maximum atomic E-state index is 13.5. The molecule has 1 aromatic carbocycles. The van der Waals surface area contributed by atoms with Gasteiger partial charge >= 0.3 is 6.09 Å². The lowest BCUT2D eigenvalue weighted by molar-refractivity contribution is -0.139. The molecule has 5 rings (SSSR count). The van der Waals surface area contributed by atoms with Crippen LogP contribution in [0.1, 0.15) is 24.3 Å². The van der Waals surface area contributed by atoms with Crippen molar-refractivity contribution in [1.29, 1.82) is 0 Å². The summed E-state index contributed by atoms with van der Waals surface area (Å²) in [6, 6.07) is 4.38. The van der Waals surface area contributed by atoms with Gasteiger partial charge in [0.15, 0.2) is 9.75 Å². The molecule has 0 bridgehead atoms. The Morgan fingerprint density at radius 2 is 1.78 bits per heavy atom. The number of carbonyl (C=O) groups is 5. The molecule has 0 spiro atoms. The van der Waals surface area contributed by atoms with Gasteiger partial charge < -0.3 is 14.6 Å². The highest BCUT2D eigenvalue weighted by Gasteiger charge is 2.76. The van der Waals surface area contributed by atoms with Crippen molar-refractivity contribution >= 4 is 52.9 Å². The normalized spacial score (nSPS) is 35.3. The molecule has 10 nitrogen and oxygen atoms in total. The van der Waals surface area contributed by atoms with E-state index in [1.165, 1.54) is 32.4 Å². The molecule has 0 aromatic heterocycles. The van der Waals surface area contributed by atoms with Gasteiger partial charge in [-0.2, -0.15) is 4.90 Å². The summed E-state index contributed by atoms with van der Waals surface area (Å²) in [5.74, 6) is -6.70. The predicted octanol–water partition coefficient (Wildman–Crippen LogP) is 2.16. The average molecular weight is 537 g/mol. The zero-order valence-corrected chi connectivity index (χ0v) is 21.0. The molecule has 2 heterocycles. The zero-order chi connectivity index (χ0) is 26.3. The van der Waals surface area contributed by atoms with Gasteiger partial charge in [-0.1, -0.05) is 11.6 Å². The maximum Gasteiger partial charge on any atom is 0.423 e. The number of rotatable bonds is 2. The average Bonchev–Trinajstić information content (AvgIpc) is 3.19. The number of imide groups is 4. The van der Waals surface area contributed by atoms with Gasteiger partial charge in [0, 0.05) is 18.5 Å². The van der Waals surface area contributed by atoms with Crippen molar-refractivity contribution in [2.45, 2.75) is 28.5 Å². The Morgan fingerprint density at radius 1 is 1.08 bits per heavy atom. The van der Waals surface area contributed by atoms with E-state index < -0.39 is 63.1 Å². The van der Waals surface area contributed by atoms with E-state index in [4.69, 9.17) is 27.9 Å². The molecule has 2 saturated heterocycles. The van der Waals surface area contributed by atoms with Gasteiger partial charge in [-0.05, 0) is 37.0 Å². The molecule has 0 radical (unpaired) electrons. The first-order chi connectivity index (χ1) is 16.9. The summed E-state index contributed by atoms with van der Waals surface area (Å²) in [7, 11) is 3.75. The molecule has 190 valence electrons. The van der Waals surface area contributed by atoms with Crippen molar-refractivity contribution in [2.75, 3.05) is 21.3 Å². The number of aromatic hydroxyl groups is 1. The lowest BCUT2D eigenvalue weighted by Crippen LogP contribution is -2.60. The molecule has 12 heteroatoms. The van der Waals surface area contributed by atoms with Gasteiger partial charge in [0.2, 0.25) is 11.8 Å². The first kappa shape index (κ1) is 24.6. The molecule has 36 heavy (non-hydrogen) atoms. The van der Waals surface area contributed by atoms with E-state index in [0.29, 0.717) is 16.2 Å². The number of hydrogen-bond acceptors (Lipinski definition) is 8. The quantitative estimate of drug-likeness (QED) is 0.345. The van der Waals surface area contributed by atoms with Crippen LogP contribution >= 0.6 is 23.2 Å². The molecule has 2 aliphatic heterocycles. The number of benzene rings is 1. The minimum atomic E-state index is -2.03. The number of ether oxygens (including phenoxy) is 2. The minimum Gasteiger partial charge on any atom is -0.508 e. The monoisotopic (exact) mass is 536 g/mol. The summed E-state index contributed by atoms with van der Waals surface area (Å²) < 4.78 is 9.93. The Kier molecular flexibility index (Phi) is 5.42. The number of amides is 5. The van der Waals surface area contributed by atoms with E-state index >= 15 is 0 Å². The van der Waals surface area contributed by atoms with Crippen molar-refractivity contribution in [2.24, 2.45) is 17.8 Å². The Bertz CT molecular complexity index is 1280. The molecule has 4 aliphatic rings. The van der Waals surface area contributed by atoms with Crippen LogP contribution < -0.4 is 4.74 Å². The SMILES string of the molecule is COC(=O)N1C(=O)[C@H]2[C@H](CC=C3[C@H]2C[C@@]2(Cl)C(=O)N(C)C(=O)[C@@]2(Cl)[C@H]3c2cc(OC)ccc2O)C1=O. The van der Waals surface area contributed by atoms with Crippen molar-refractivity contribution < 1.29 is 38.6 Å². The number of likely N-dealkylation sites (tertiary alicyclic amines) is 2. The fraction of sp³-hybridized carbons (Fsp3) is 0.458. The first-order valence-electron chi connectivity index (χ1n) is 11.2. The summed E-state index contributed by atoms with van der Waals surface area (Å²) in [6.07, 6.45) is 0.446. The molecular formula is C24H22Cl2N2O8. The highest BCUT2D eigenvalue weighted by Crippen LogP contribution is 2.66. The standard InChI is InChI=1S/C24H22Cl2N2O8/c1-27-20(32)23(25)9-14-11(5-6-12-16(14)19(31)28(18(12)30)22(34)36-3)17(24(23,26)21(27)33)13-8-10(35-2)4-7-15(13)29/h4-5,7-8,12,14,16-17,29H,6,9H2,1-3H3/t12-,14+,16-,17+,23+,24-/m0/s1. The number of hydrogen-bond donors (Lipinski definition) is 1. The Balaban J connectivity index is 1.74. The Hall–Kier alpha value is -3.11. The van der Waals surface area contributed by atoms with E-state index in [2.05, 4.69) is 4.74 Å². The van der Waals surface area contributed by atoms with Crippen molar-refractivity contribution in [3.8, 4) is 11.5 Å². The third-order valence-electron chi connectivity index (χ3n) is 7.92. The molecule has 6 atom stereocenters. The van der Waals surface area contributed by atoms with Gasteiger partial charge in [0.25, 0.3) is 11.8 Å². The van der Waals surface area contributed by atoms with E-state index in [9.17, 15) is 29.1 Å². The fourth-order valence-corrected chi connectivity index (χ4v) is 7.26. The fourth-order valence-electron chi connectivity index (χ4n) is 6.25. The number of methoxy groups -OCH3 is 2. The molecule has 1 N–H and O–H groups in total. The van der Waals surface area contributed by atoms with Crippen LogP contribution in [-0.4, -0.2) is 75.6 Å². The van der Waals surface area contributed by atoms with Gasteiger partial charge in [0.05, 0.1) is 26.1 Å². The second-order valence-electron chi connectivity index (χ2n) is 9.40. The van der Waals surface area contributed by atoms with E-state index in [1.54, 1.807) is 6.08 Å². The maximum absolute atomic E-state index is 13.5. The van der Waals surface area contributed by atoms with Crippen LogP contribution in [0.25, 0.3) is 0 Å². The minimum absolute atomic E-state index is 0.0794. The van der Waals surface area contributed by atoms with Gasteiger partial charge in [0.1, 0.15) is 11.5 Å². The van der Waals surface area contributed by atoms with Crippen LogP contribution in [0.3, 0.4) is 0 Å². The number of phenols is 1. The summed E-state index contributed by atoms with van der Waals surface area (Å²) >= 11 is 14.0. The number of allylic oxidation sites excluding steroid dienone is 2. The highest BCUT2D eigenvalue weighted by molar-refractivity contribution is 6.53. The smallest absolute Gasteiger partial charge is 0.423 e. The van der Waals surface area contributed by atoms with Crippen LogP contribution in [0.4, 0.5) is 4.79 Å². The van der Waals surface area contributed by atoms with Crippen LogP contribution in [0.5, 0.6) is 11.5 Å². The third-order valence-corrected chi connectivity index (χ3v) is 9.33. The van der Waals surface area contributed by atoms with E-state index in [0.717, 1.165) is 12.0 Å². The second kappa shape index (κ2) is 7.94. The highest BCUT2D eigenvalue weighted by atomic mass is 35.5. The number of fused-ring (bicyclic) bond motifs is 4. The lowest BCUT2D eigenvalue weighted by Gasteiger charge is -2.50. The summed E-state index contributed by atoms with van der Waals surface area (Å²) in [4.78, 5) is 62.7. The van der Waals surface area contributed by atoms with Crippen molar-refractivity contribution in [3.63, 3.8) is 0 Å². The largest absolute Gasteiger partial charge is 0.508 e. The summed E-state index contributed by atoms with van der Waals surface area (Å²) in [6.45, 7) is 0. The third kappa shape index (κ3) is 2.82. The van der Waals surface area contributed by atoms with E-state index in [1.807, 2.05) is 0 Å². The van der Waals surface area contributed by atoms with Crippen molar-refractivity contribution in [3.05, 3.63) is 35.4 Å². The second-order valence-corrected chi connectivity index (χ2v) is 10.6. The van der Waals surface area contributed by atoms with Crippen molar-refractivity contribution in [1.82, 2.24) is 9.80 Å². The number of carbonyl (C=O) groups excluding carboxylic acids is 5. The molecule has 0 unspecified atom stereocenters. The molecule has 1 saturated carbocycles. The number of halogens is 2. The first-order valence-corrected chi connectivity index (χ1v) is 11.9. The van der Waals surface area contributed by atoms with E-state index in [-0.39, 0.29) is 24.2 Å². The lowest BCUT2D eigenvalue weighted by atomic mass is 9.56. The topological polar surface area (TPSA) is 131 Å². The van der Waals surface area contributed by atoms with Crippen LogP contribution in [0.2, 0.25) is 0 Å². The Labute approximate surface area is 215 Å². The molecule has 2 aliphatic carbocycles. The molecule has 3 fully saturated rings. The van der Waals surface area contributed by atoms with Gasteiger partial charge in [-0.25, -0.2) is 4.79 Å².